The van der Waals surface area contributed by atoms with Crippen LogP contribution in [0.5, 0.6) is 0 Å². The highest BCUT2D eigenvalue weighted by atomic mass is 32.2. The van der Waals surface area contributed by atoms with Gasteiger partial charge < -0.3 is 4.90 Å². The minimum Gasteiger partial charge on any atom is -0.337 e. The first-order valence-corrected chi connectivity index (χ1v) is 14.1. The molecule has 0 aromatic carbocycles. The van der Waals surface area contributed by atoms with Crippen molar-refractivity contribution in [3.05, 3.63) is 51.9 Å². The van der Waals surface area contributed by atoms with Gasteiger partial charge in [-0.05, 0) is 62.3 Å². The van der Waals surface area contributed by atoms with E-state index in [4.69, 9.17) is 0 Å². The lowest BCUT2D eigenvalue weighted by Gasteiger charge is -2.22. The molecule has 1 aromatic rings. The number of carbonyl (C=O) groups is 1. The first-order chi connectivity index (χ1) is 18.0. The second kappa shape index (κ2) is 12.8. The van der Waals surface area contributed by atoms with E-state index in [1.54, 1.807) is 16.8 Å². The van der Waals surface area contributed by atoms with Gasteiger partial charge in [0.15, 0.2) is 5.69 Å². The Balaban J connectivity index is 0.00000195. The number of halogens is 6. The molecule has 1 aromatic heterocycles. The molecule has 0 bridgehead atoms. The van der Waals surface area contributed by atoms with Crippen LogP contribution in [0, 0.1) is 5.92 Å². The van der Waals surface area contributed by atoms with Crippen molar-refractivity contribution in [2.24, 2.45) is 5.92 Å². The predicted molar refractivity (Wildman–Crippen MR) is 136 cm³/mol. The molecule has 3 aliphatic rings. The normalized spacial score (nSPS) is 21.6. The van der Waals surface area contributed by atoms with Gasteiger partial charge in [0.2, 0.25) is 0 Å². The molecule has 212 valence electrons. The molecule has 12 heteroatoms. The summed E-state index contributed by atoms with van der Waals surface area (Å²) in [5.41, 5.74) is 0.0892. The fraction of sp³-hybridized carbons (Fsp3) is 0.615. The van der Waals surface area contributed by atoms with Gasteiger partial charge in [0.1, 0.15) is 0 Å². The lowest BCUT2D eigenvalue weighted by Crippen LogP contribution is -2.33. The van der Waals surface area contributed by atoms with Crippen molar-refractivity contribution in [2.45, 2.75) is 71.3 Å². The van der Waals surface area contributed by atoms with E-state index >= 15 is 0 Å². The maximum absolute atomic E-state index is 13.4. The molecule has 5 nitrogen and oxygen atoms in total. The molecule has 1 atom stereocenters. The van der Waals surface area contributed by atoms with Gasteiger partial charge in [-0.25, -0.2) is 4.31 Å². The number of allylic oxidation sites excluding steroid dienone is 6. The molecular weight excluding hydrogens is 530 g/mol. The summed E-state index contributed by atoms with van der Waals surface area (Å²) in [5.74, 6) is -0.777. The average Bonchev–Trinajstić information content (AvgIpc) is 3.11. The zero-order chi connectivity index (χ0) is 28.1. The second-order valence-electron chi connectivity index (χ2n) is 9.27. The van der Waals surface area contributed by atoms with E-state index in [-0.39, 0.29) is 24.4 Å². The largest absolute Gasteiger partial charge is 0.416 e. The number of carbonyl (C=O) groups excluding carboxylic acids is 1. The van der Waals surface area contributed by atoms with Gasteiger partial charge >= 0.3 is 12.4 Å². The average molecular weight is 565 g/mol. The van der Waals surface area contributed by atoms with Crippen LogP contribution in [0.1, 0.15) is 67.7 Å². The summed E-state index contributed by atoms with van der Waals surface area (Å²) >= 11 is 1.60. The molecule has 1 unspecified atom stereocenters. The van der Waals surface area contributed by atoms with Crippen LogP contribution >= 0.6 is 11.9 Å². The number of nitrogens with zero attached hydrogens (tertiary/aromatic N) is 3. The SMILES string of the molecule is CC.CSN1CCCc2[nH]nc(C(=O)N3CCCC(C4=CC(C(F)(F)F)=CCC(C(F)(F)F)=C4)CC3)c2C1. The quantitative estimate of drug-likeness (QED) is 0.317. The number of aryl methyl sites for hydroxylation is 1. The van der Waals surface area contributed by atoms with Crippen molar-refractivity contribution in [3.63, 3.8) is 0 Å². The van der Waals surface area contributed by atoms with Gasteiger partial charge in [-0.15, -0.1) is 0 Å². The summed E-state index contributed by atoms with van der Waals surface area (Å²) in [5, 5.41) is 7.26. The maximum atomic E-state index is 13.4. The molecule has 1 N–H and O–H groups in total. The number of aromatic nitrogens is 2. The third-order valence-electron chi connectivity index (χ3n) is 6.97. The van der Waals surface area contributed by atoms with E-state index in [0.717, 1.165) is 42.8 Å². The molecule has 0 radical (unpaired) electrons. The number of likely N-dealkylation sites (tertiary alicyclic amines) is 1. The summed E-state index contributed by atoms with van der Waals surface area (Å²) in [6.45, 7) is 6.07. The standard InChI is InChI=1S/C24H28F6N4OS.C2H6/c1-36-34-10-3-5-20-19(14-34)21(32-31-20)22(35)33-9-2-4-15(8-11-33)16-12-17(23(25,26)27)6-7-18(13-16)24(28,29)30;1-2/h6,12-13,15H,2-5,7-11,14H2,1H3,(H,31,32);1-2H3. The number of H-pyrrole nitrogens is 1. The van der Waals surface area contributed by atoms with Crippen LogP contribution in [-0.4, -0.2) is 63.6 Å². The molecule has 1 saturated heterocycles. The zero-order valence-corrected chi connectivity index (χ0v) is 22.6. The summed E-state index contributed by atoms with van der Waals surface area (Å²) < 4.78 is 82.7. The topological polar surface area (TPSA) is 52.2 Å². The lowest BCUT2D eigenvalue weighted by molar-refractivity contribution is -0.0945. The van der Waals surface area contributed by atoms with E-state index in [1.807, 2.05) is 20.1 Å². The fourth-order valence-corrected chi connectivity index (χ4v) is 5.54. The number of alkyl halides is 6. The minimum atomic E-state index is -4.74. The smallest absolute Gasteiger partial charge is 0.337 e. The Morgan fingerprint density at radius 3 is 2.42 bits per heavy atom. The van der Waals surface area contributed by atoms with Gasteiger partial charge in [0, 0.05) is 43.0 Å². The lowest BCUT2D eigenvalue weighted by atomic mass is 9.89. The first-order valence-electron chi connectivity index (χ1n) is 12.9. The highest BCUT2D eigenvalue weighted by molar-refractivity contribution is 7.96. The second-order valence-corrected chi connectivity index (χ2v) is 10.2. The molecular formula is C26H34F6N4OS. The van der Waals surface area contributed by atoms with Crippen LogP contribution < -0.4 is 0 Å². The monoisotopic (exact) mass is 564 g/mol. The predicted octanol–water partition coefficient (Wildman–Crippen LogP) is 7.01. The minimum absolute atomic E-state index is 0.0157. The van der Waals surface area contributed by atoms with Gasteiger partial charge in [-0.3, -0.25) is 9.89 Å². The first kappa shape index (κ1) is 30.3. The Morgan fingerprint density at radius 2 is 1.76 bits per heavy atom. The van der Waals surface area contributed by atoms with E-state index < -0.39 is 35.8 Å². The van der Waals surface area contributed by atoms with Crippen molar-refractivity contribution in [1.29, 1.82) is 0 Å². The third kappa shape index (κ3) is 7.25. The van der Waals surface area contributed by atoms with Crippen molar-refractivity contribution in [1.82, 2.24) is 19.4 Å². The maximum Gasteiger partial charge on any atom is 0.416 e. The third-order valence-corrected chi connectivity index (χ3v) is 7.79. The number of nitrogens with one attached hydrogen (secondary N) is 1. The summed E-state index contributed by atoms with van der Waals surface area (Å²) in [6, 6.07) is 0. The van der Waals surface area contributed by atoms with E-state index in [1.165, 1.54) is 0 Å². The van der Waals surface area contributed by atoms with Gasteiger partial charge in [-0.2, -0.15) is 31.4 Å². The molecule has 0 spiro atoms. The van der Waals surface area contributed by atoms with Gasteiger partial charge in [0.05, 0.1) is 5.57 Å². The zero-order valence-electron chi connectivity index (χ0n) is 21.8. The van der Waals surface area contributed by atoms with Gasteiger partial charge in [-0.1, -0.05) is 37.9 Å². The van der Waals surface area contributed by atoms with Crippen LogP contribution in [0.4, 0.5) is 26.3 Å². The molecule has 0 saturated carbocycles. The number of aromatic amines is 1. The Morgan fingerprint density at radius 1 is 1.03 bits per heavy atom. The Hall–Kier alpha value is -2.21. The van der Waals surface area contributed by atoms with Crippen LogP contribution in [0.15, 0.2) is 34.9 Å². The molecule has 1 aliphatic carbocycles. The highest BCUT2D eigenvalue weighted by Crippen LogP contribution is 2.39. The van der Waals surface area contributed by atoms with Crippen molar-refractivity contribution in [3.8, 4) is 0 Å². The van der Waals surface area contributed by atoms with Crippen LogP contribution in [0.25, 0.3) is 0 Å². The van der Waals surface area contributed by atoms with Crippen LogP contribution in [0.3, 0.4) is 0 Å². The van der Waals surface area contributed by atoms with Crippen LogP contribution in [0.2, 0.25) is 0 Å². The highest BCUT2D eigenvalue weighted by Gasteiger charge is 2.38. The van der Waals surface area contributed by atoms with Crippen LogP contribution in [-0.2, 0) is 13.0 Å². The Labute approximate surface area is 223 Å². The number of fused-ring (bicyclic) bond motifs is 1. The van der Waals surface area contributed by atoms with Crippen molar-refractivity contribution in [2.75, 3.05) is 25.9 Å². The number of hydrogen-bond donors (Lipinski definition) is 1. The molecule has 3 heterocycles. The van der Waals surface area contributed by atoms with Gasteiger partial charge in [0.25, 0.3) is 5.91 Å². The Kier molecular flexibility index (Phi) is 10.2. The molecule has 2 aliphatic heterocycles. The van der Waals surface area contributed by atoms with Crippen molar-refractivity contribution >= 4 is 17.9 Å². The summed E-state index contributed by atoms with van der Waals surface area (Å²) in [4.78, 5) is 15.0. The number of amides is 1. The Bertz CT molecular complexity index is 1070. The molecule has 1 fully saturated rings. The summed E-state index contributed by atoms with van der Waals surface area (Å²) in [6.07, 6.45) is -3.16. The molecule has 38 heavy (non-hydrogen) atoms. The molecule has 1 amide bonds. The van der Waals surface area contributed by atoms with Crippen molar-refractivity contribution < 1.29 is 31.1 Å². The fourth-order valence-electron chi connectivity index (χ4n) is 4.97. The van der Waals surface area contributed by atoms with E-state index in [9.17, 15) is 31.1 Å². The number of rotatable bonds is 3. The number of hydrogen-bond acceptors (Lipinski definition) is 4. The molecule has 4 rings (SSSR count). The summed E-state index contributed by atoms with van der Waals surface area (Å²) in [7, 11) is 0. The van der Waals surface area contributed by atoms with E-state index in [2.05, 4.69) is 14.5 Å². The van der Waals surface area contributed by atoms with E-state index in [0.29, 0.717) is 37.7 Å².